The van der Waals surface area contributed by atoms with Gasteiger partial charge in [-0.1, -0.05) is 12.1 Å². The highest BCUT2D eigenvalue weighted by molar-refractivity contribution is 7.88. The SMILES string of the molecule is CN(CCCC1CC(c2cccc(F)c2)NN1)C(=O)C1CCN(S(C)(=O)=O)CC1. The van der Waals surface area contributed by atoms with Crippen LogP contribution in [0.1, 0.15) is 43.7 Å². The average Bonchev–Trinajstić information content (AvgIpc) is 3.16. The largest absolute Gasteiger partial charge is 0.346 e. The highest BCUT2D eigenvalue weighted by Crippen LogP contribution is 2.25. The molecule has 162 valence electrons. The second-order valence-corrected chi connectivity index (χ2v) is 10.1. The summed E-state index contributed by atoms with van der Waals surface area (Å²) in [5.41, 5.74) is 7.44. The van der Waals surface area contributed by atoms with Gasteiger partial charge in [0.05, 0.1) is 6.26 Å². The molecule has 0 aliphatic carbocycles. The van der Waals surface area contributed by atoms with Crippen LogP contribution in [0.4, 0.5) is 4.39 Å². The van der Waals surface area contributed by atoms with E-state index in [0.29, 0.717) is 32.5 Å². The monoisotopic (exact) mass is 426 g/mol. The van der Waals surface area contributed by atoms with Gasteiger partial charge < -0.3 is 4.90 Å². The van der Waals surface area contributed by atoms with Crippen LogP contribution in [0, 0.1) is 11.7 Å². The van der Waals surface area contributed by atoms with Crippen molar-refractivity contribution in [3.8, 4) is 0 Å². The molecule has 2 saturated heterocycles. The van der Waals surface area contributed by atoms with E-state index in [1.807, 2.05) is 13.1 Å². The molecule has 2 fully saturated rings. The van der Waals surface area contributed by atoms with Crippen LogP contribution in [0.25, 0.3) is 0 Å². The predicted octanol–water partition coefficient (Wildman–Crippen LogP) is 1.64. The highest BCUT2D eigenvalue weighted by Gasteiger charge is 2.30. The normalized spacial score (nSPS) is 24.0. The molecule has 9 heteroatoms. The molecule has 2 unspecified atom stereocenters. The van der Waals surface area contributed by atoms with Crippen LogP contribution >= 0.6 is 0 Å². The quantitative estimate of drug-likeness (QED) is 0.693. The molecule has 2 heterocycles. The highest BCUT2D eigenvalue weighted by atomic mass is 32.2. The second-order valence-electron chi connectivity index (χ2n) is 8.17. The van der Waals surface area contributed by atoms with E-state index in [0.717, 1.165) is 24.8 Å². The van der Waals surface area contributed by atoms with Crippen molar-refractivity contribution in [1.82, 2.24) is 20.1 Å². The minimum Gasteiger partial charge on any atom is -0.346 e. The maximum atomic E-state index is 13.4. The Labute approximate surface area is 172 Å². The predicted molar refractivity (Wildman–Crippen MR) is 110 cm³/mol. The Morgan fingerprint density at radius 1 is 1.28 bits per heavy atom. The Hall–Kier alpha value is -1.55. The first-order valence-corrected chi connectivity index (χ1v) is 12.1. The van der Waals surface area contributed by atoms with Gasteiger partial charge in [-0.05, 0) is 49.8 Å². The first-order chi connectivity index (χ1) is 13.7. The lowest BCUT2D eigenvalue weighted by Crippen LogP contribution is -2.43. The summed E-state index contributed by atoms with van der Waals surface area (Å²) in [6.07, 6.45) is 5.05. The zero-order valence-corrected chi connectivity index (χ0v) is 17.9. The lowest BCUT2D eigenvalue weighted by Gasteiger charge is -2.31. The Morgan fingerprint density at radius 2 is 2.00 bits per heavy atom. The van der Waals surface area contributed by atoms with Crippen molar-refractivity contribution in [2.45, 2.75) is 44.2 Å². The number of hydrogen-bond donors (Lipinski definition) is 2. The number of carbonyl (C=O) groups excluding carboxylic acids is 1. The molecular formula is C20H31FN4O3S. The van der Waals surface area contributed by atoms with Gasteiger partial charge in [-0.25, -0.2) is 17.1 Å². The first kappa shape index (κ1) is 22.1. The number of piperidine rings is 1. The van der Waals surface area contributed by atoms with Crippen molar-refractivity contribution in [1.29, 1.82) is 0 Å². The number of amides is 1. The number of rotatable bonds is 7. The van der Waals surface area contributed by atoms with Gasteiger partial charge in [-0.2, -0.15) is 0 Å². The maximum absolute atomic E-state index is 13.4. The van der Waals surface area contributed by atoms with E-state index in [4.69, 9.17) is 0 Å². The molecule has 0 saturated carbocycles. The van der Waals surface area contributed by atoms with Crippen LogP contribution < -0.4 is 10.9 Å². The Balaban J connectivity index is 1.38. The van der Waals surface area contributed by atoms with E-state index in [2.05, 4.69) is 10.9 Å². The van der Waals surface area contributed by atoms with Gasteiger partial charge in [-0.15, -0.1) is 0 Å². The number of carbonyl (C=O) groups is 1. The molecule has 2 aliphatic rings. The van der Waals surface area contributed by atoms with Crippen molar-refractivity contribution in [3.63, 3.8) is 0 Å². The third-order valence-electron chi connectivity index (χ3n) is 5.93. The van der Waals surface area contributed by atoms with Crippen LogP contribution in [0.3, 0.4) is 0 Å². The van der Waals surface area contributed by atoms with Gasteiger partial charge in [-0.3, -0.25) is 15.6 Å². The fourth-order valence-electron chi connectivity index (χ4n) is 4.18. The summed E-state index contributed by atoms with van der Waals surface area (Å²) < 4.78 is 38.0. The molecule has 0 bridgehead atoms. The molecule has 0 radical (unpaired) electrons. The number of hydrazine groups is 1. The summed E-state index contributed by atoms with van der Waals surface area (Å²) in [6.45, 7) is 1.51. The summed E-state index contributed by atoms with van der Waals surface area (Å²) >= 11 is 0. The van der Waals surface area contributed by atoms with Crippen molar-refractivity contribution < 1.29 is 17.6 Å². The van der Waals surface area contributed by atoms with Crippen molar-refractivity contribution in [2.24, 2.45) is 5.92 Å². The molecule has 29 heavy (non-hydrogen) atoms. The van der Waals surface area contributed by atoms with Crippen molar-refractivity contribution in [3.05, 3.63) is 35.6 Å². The lowest BCUT2D eigenvalue weighted by molar-refractivity contribution is -0.135. The average molecular weight is 427 g/mol. The van der Waals surface area contributed by atoms with Crippen molar-refractivity contribution >= 4 is 15.9 Å². The summed E-state index contributed by atoms with van der Waals surface area (Å²) in [4.78, 5) is 14.4. The zero-order valence-electron chi connectivity index (χ0n) is 17.1. The minimum absolute atomic E-state index is 0.0927. The Bertz CT molecular complexity index is 812. The summed E-state index contributed by atoms with van der Waals surface area (Å²) in [7, 11) is -1.35. The summed E-state index contributed by atoms with van der Waals surface area (Å²) in [6, 6.07) is 7.03. The molecule has 1 amide bonds. The molecule has 2 aliphatic heterocycles. The molecule has 7 nitrogen and oxygen atoms in total. The first-order valence-electron chi connectivity index (χ1n) is 10.2. The number of hydrogen-bond acceptors (Lipinski definition) is 5. The molecule has 1 aromatic carbocycles. The number of halogens is 1. The molecular weight excluding hydrogens is 395 g/mol. The summed E-state index contributed by atoms with van der Waals surface area (Å²) in [5, 5.41) is 0. The smallest absolute Gasteiger partial charge is 0.225 e. The van der Waals surface area contributed by atoms with Gasteiger partial charge in [0.2, 0.25) is 15.9 Å². The summed E-state index contributed by atoms with van der Waals surface area (Å²) in [5.74, 6) is -0.217. The van der Waals surface area contributed by atoms with Crippen LogP contribution in [-0.2, 0) is 14.8 Å². The van der Waals surface area contributed by atoms with E-state index in [1.165, 1.54) is 16.6 Å². The minimum atomic E-state index is -3.17. The molecule has 1 aromatic rings. The van der Waals surface area contributed by atoms with Crippen LogP contribution in [0.2, 0.25) is 0 Å². The van der Waals surface area contributed by atoms with Gasteiger partial charge in [0.1, 0.15) is 5.82 Å². The number of nitrogens with one attached hydrogen (secondary N) is 2. The number of benzene rings is 1. The molecule has 2 N–H and O–H groups in total. The van der Waals surface area contributed by atoms with E-state index in [1.54, 1.807) is 17.0 Å². The molecule has 0 spiro atoms. The van der Waals surface area contributed by atoms with Crippen LogP contribution in [0.5, 0.6) is 0 Å². The Morgan fingerprint density at radius 3 is 2.66 bits per heavy atom. The van der Waals surface area contributed by atoms with E-state index in [9.17, 15) is 17.6 Å². The third kappa shape index (κ3) is 5.97. The number of sulfonamides is 1. The second kappa shape index (κ2) is 9.51. The third-order valence-corrected chi connectivity index (χ3v) is 7.23. The Kier molecular flexibility index (Phi) is 7.26. The topological polar surface area (TPSA) is 81.8 Å². The molecule has 0 aromatic heterocycles. The van der Waals surface area contributed by atoms with Gasteiger partial charge in [0.15, 0.2) is 0 Å². The van der Waals surface area contributed by atoms with E-state index in [-0.39, 0.29) is 29.7 Å². The van der Waals surface area contributed by atoms with Gasteiger partial charge in [0, 0.05) is 44.7 Å². The van der Waals surface area contributed by atoms with Crippen LogP contribution in [-0.4, -0.2) is 62.5 Å². The van der Waals surface area contributed by atoms with Gasteiger partial charge in [0.25, 0.3) is 0 Å². The molecule has 2 atom stereocenters. The standard InChI is InChI=1S/C20H31FN4O3S/c1-24(20(26)15-8-11-25(12-9-15)29(2,27)28)10-4-7-18-14-19(23-22-18)16-5-3-6-17(21)13-16/h3,5-6,13,15,18-19,22-23H,4,7-12,14H2,1-2H3. The maximum Gasteiger partial charge on any atom is 0.225 e. The lowest BCUT2D eigenvalue weighted by atomic mass is 9.96. The van der Waals surface area contributed by atoms with Crippen LogP contribution in [0.15, 0.2) is 24.3 Å². The fourth-order valence-corrected chi connectivity index (χ4v) is 5.06. The fraction of sp³-hybridized carbons (Fsp3) is 0.650. The number of nitrogens with zero attached hydrogens (tertiary/aromatic N) is 2. The van der Waals surface area contributed by atoms with Gasteiger partial charge >= 0.3 is 0 Å². The zero-order chi connectivity index (χ0) is 21.0. The van der Waals surface area contributed by atoms with E-state index >= 15 is 0 Å². The molecule has 3 rings (SSSR count). The van der Waals surface area contributed by atoms with E-state index < -0.39 is 10.0 Å². The van der Waals surface area contributed by atoms with Crippen molar-refractivity contribution in [2.75, 3.05) is 32.9 Å².